The molecule has 1 aliphatic heterocycles. The van der Waals surface area contributed by atoms with Gasteiger partial charge in [-0.2, -0.15) is 0 Å². The lowest BCUT2D eigenvalue weighted by Gasteiger charge is -2.30. The molecule has 0 amide bonds. The zero-order valence-corrected chi connectivity index (χ0v) is 11.9. The average molecular weight is 272 g/mol. The summed E-state index contributed by atoms with van der Waals surface area (Å²) in [6.07, 6.45) is 2.16. The molecule has 1 unspecified atom stereocenters. The summed E-state index contributed by atoms with van der Waals surface area (Å²) >= 11 is 6.30. The monoisotopic (exact) mass is 271 g/mol. The molecule has 0 aromatic heterocycles. The number of hydrogen-bond acceptors (Lipinski definition) is 1. The van der Waals surface area contributed by atoms with Crippen molar-refractivity contribution in [3.63, 3.8) is 0 Å². The van der Waals surface area contributed by atoms with Crippen molar-refractivity contribution in [1.29, 1.82) is 0 Å². The highest BCUT2D eigenvalue weighted by molar-refractivity contribution is 6.31. The van der Waals surface area contributed by atoms with E-state index in [1.165, 1.54) is 16.8 Å². The Morgan fingerprint density at radius 3 is 2.63 bits per heavy atom. The SMILES string of the molecule is CCC(c1ccccc1)N1CCc2c(Cl)cccc21. The first-order chi connectivity index (χ1) is 9.31. The number of halogens is 1. The minimum absolute atomic E-state index is 0.445. The Labute approximate surface area is 119 Å². The predicted molar refractivity (Wildman–Crippen MR) is 82.0 cm³/mol. The summed E-state index contributed by atoms with van der Waals surface area (Å²) in [6, 6.07) is 17.4. The summed E-state index contributed by atoms with van der Waals surface area (Å²) in [6.45, 7) is 3.31. The third-order valence-electron chi connectivity index (χ3n) is 3.95. The molecule has 2 aromatic carbocycles. The van der Waals surface area contributed by atoms with Crippen molar-refractivity contribution < 1.29 is 0 Å². The van der Waals surface area contributed by atoms with Gasteiger partial charge in [0.1, 0.15) is 0 Å². The Kier molecular flexibility index (Phi) is 3.48. The molecule has 0 N–H and O–H groups in total. The van der Waals surface area contributed by atoms with Gasteiger partial charge in [0.25, 0.3) is 0 Å². The topological polar surface area (TPSA) is 3.24 Å². The van der Waals surface area contributed by atoms with Crippen molar-refractivity contribution in [3.8, 4) is 0 Å². The predicted octanol–water partition coefficient (Wildman–Crippen LogP) is 4.85. The van der Waals surface area contributed by atoms with E-state index in [9.17, 15) is 0 Å². The molecular formula is C17H18ClN. The van der Waals surface area contributed by atoms with Crippen LogP contribution in [-0.4, -0.2) is 6.54 Å². The van der Waals surface area contributed by atoms with Crippen molar-refractivity contribution in [1.82, 2.24) is 0 Å². The van der Waals surface area contributed by atoms with Crippen molar-refractivity contribution in [3.05, 3.63) is 64.7 Å². The van der Waals surface area contributed by atoms with Crippen LogP contribution in [0.5, 0.6) is 0 Å². The third-order valence-corrected chi connectivity index (χ3v) is 4.31. The fourth-order valence-electron chi connectivity index (χ4n) is 3.05. The minimum Gasteiger partial charge on any atom is -0.364 e. The van der Waals surface area contributed by atoms with E-state index < -0.39 is 0 Å². The fraction of sp³-hybridized carbons (Fsp3) is 0.294. The minimum atomic E-state index is 0.445. The lowest BCUT2D eigenvalue weighted by molar-refractivity contribution is 0.621. The molecule has 1 nitrogen and oxygen atoms in total. The number of benzene rings is 2. The molecule has 0 radical (unpaired) electrons. The lowest BCUT2D eigenvalue weighted by Crippen LogP contribution is -2.26. The van der Waals surface area contributed by atoms with Crippen LogP contribution in [0.25, 0.3) is 0 Å². The standard InChI is InChI=1S/C17H18ClN/c1-2-16(13-7-4-3-5-8-13)19-12-11-14-15(18)9-6-10-17(14)19/h3-10,16H,2,11-12H2,1H3. The molecule has 2 aromatic rings. The maximum absolute atomic E-state index is 6.30. The molecule has 2 heteroatoms. The van der Waals surface area contributed by atoms with Crippen LogP contribution < -0.4 is 4.90 Å². The Balaban J connectivity index is 1.98. The van der Waals surface area contributed by atoms with Gasteiger partial charge in [-0.25, -0.2) is 0 Å². The number of hydrogen-bond donors (Lipinski definition) is 0. The Bertz CT molecular complexity index is 565. The highest BCUT2D eigenvalue weighted by Gasteiger charge is 2.27. The third kappa shape index (κ3) is 2.23. The fourth-order valence-corrected chi connectivity index (χ4v) is 3.32. The van der Waals surface area contributed by atoms with Gasteiger partial charge < -0.3 is 4.90 Å². The van der Waals surface area contributed by atoms with Gasteiger partial charge in [0.2, 0.25) is 0 Å². The average Bonchev–Trinajstić information content (AvgIpc) is 2.87. The molecule has 1 heterocycles. The smallest absolute Gasteiger partial charge is 0.0540 e. The second-order valence-corrected chi connectivity index (χ2v) is 5.42. The van der Waals surface area contributed by atoms with E-state index in [1.807, 2.05) is 6.07 Å². The van der Waals surface area contributed by atoms with E-state index in [2.05, 4.69) is 54.3 Å². The summed E-state index contributed by atoms with van der Waals surface area (Å²) in [5.41, 5.74) is 4.00. The quantitative estimate of drug-likeness (QED) is 0.771. The molecule has 0 bridgehead atoms. The summed E-state index contributed by atoms with van der Waals surface area (Å²) in [5.74, 6) is 0. The lowest BCUT2D eigenvalue weighted by atomic mass is 10.0. The van der Waals surface area contributed by atoms with Crippen LogP contribution >= 0.6 is 11.6 Å². The number of anilines is 1. The summed E-state index contributed by atoms with van der Waals surface area (Å²) in [4.78, 5) is 2.50. The van der Waals surface area contributed by atoms with Gasteiger partial charge in [0, 0.05) is 17.3 Å². The second-order valence-electron chi connectivity index (χ2n) is 5.02. The normalized spacial score (nSPS) is 15.4. The number of fused-ring (bicyclic) bond motifs is 1. The zero-order valence-electron chi connectivity index (χ0n) is 11.1. The van der Waals surface area contributed by atoms with Gasteiger partial charge in [-0.3, -0.25) is 0 Å². The van der Waals surface area contributed by atoms with E-state index in [-0.39, 0.29) is 0 Å². The highest BCUT2D eigenvalue weighted by atomic mass is 35.5. The molecule has 0 fully saturated rings. The van der Waals surface area contributed by atoms with E-state index in [0.717, 1.165) is 24.4 Å². The maximum atomic E-state index is 6.30. The van der Waals surface area contributed by atoms with E-state index in [0.29, 0.717) is 6.04 Å². The number of nitrogens with zero attached hydrogens (tertiary/aromatic N) is 1. The molecule has 1 atom stereocenters. The molecule has 0 saturated carbocycles. The Morgan fingerprint density at radius 2 is 1.89 bits per heavy atom. The molecule has 0 saturated heterocycles. The van der Waals surface area contributed by atoms with Crippen molar-refractivity contribution in [2.24, 2.45) is 0 Å². The highest BCUT2D eigenvalue weighted by Crippen LogP contribution is 2.39. The van der Waals surface area contributed by atoms with Crippen LogP contribution in [-0.2, 0) is 6.42 Å². The van der Waals surface area contributed by atoms with E-state index in [1.54, 1.807) is 0 Å². The maximum Gasteiger partial charge on any atom is 0.0540 e. The first-order valence-corrected chi connectivity index (χ1v) is 7.28. The van der Waals surface area contributed by atoms with Crippen LogP contribution in [0.15, 0.2) is 48.5 Å². The second kappa shape index (κ2) is 5.26. The van der Waals surface area contributed by atoms with Gasteiger partial charge in [-0.1, -0.05) is 54.9 Å². The van der Waals surface area contributed by atoms with Gasteiger partial charge in [0.05, 0.1) is 6.04 Å². The van der Waals surface area contributed by atoms with Gasteiger partial charge in [-0.05, 0) is 36.1 Å². The molecule has 0 aliphatic carbocycles. The summed E-state index contributed by atoms with van der Waals surface area (Å²) < 4.78 is 0. The van der Waals surface area contributed by atoms with Crippen LogP contribution in [0.1, 0.15) is 30.5 Å². The number of rotatable bonds is 3. The summed E-state index contributed by atoms with van der Waals surface area (Å²) in [5, 5.41) is 0.905. The first kappa shape index (κ1) is 12.6. The zero-order chi connectivity index (χ0) is 13.2. The molecule has 3 rings (SSSR count). The molecule has 98 valence electrons. The van der Waals surface area contributed by atoms with Crippen molar-refractivity contribution >= 4 is 17.3 Å². The largest absolute Gasteiger partial charge is 0.364 e. The molecular weight excluding hydrogens is 254 g/mol. The molecule has 19 heavy (non-hydrogen) atoms. The first-order valence-electron chi connectivity index (χ1n) is 6.90. The van der Waals surface area contributed by atoms with E-state index >= 15 is 0 Å². The van der Waals surface area contributed by atoms with Gasteiger partial charge in [0.15, 0.2) is 0 Å². The summed E-state index contributed by atoms with van der Waals surface area (Å²) in [7, 11) is 0. The Hall–Kier alpha value is -1.47. The van der Waals surface area contributed by atoms with Crippen molar-refractivity contribution in [2.45, 2.75) is 25.8 Å². The van der Waals surface area contributed by atoms with Gasteiger partial charge in [-0.15, -0.1) is 0 Å². The Morgan fingerprint density at radius 1 is 1.11 bits per heavy atom. The molecule has 1 aliphatic rings. The van der Waals surface area contributed by atoms with Crippen LogP contribution in [0, 0.1) is 0 Å². The van der Waals surface area contributed by atoms with Crippen LogP contribution in [0.3, 0.4) is 0 Å². The van der Waals surface area contributed by atoms with Crippen LogP contribution in [0.2, 0.25) is 5.02 Å². The van der Waals surface area contributed by atoms with E-state index in [4.69, 9.17) is 11.6 Å². The van der Waals surface area contributed by atoms with Crippen LogP contribution in [0.4, 0.5) is 5.69 Å². The van der Waals surface area contributed by atoms with Gasteiger partial charge >= 0.3 is 0 Å². The van der Waals surface area contributed by atoms with Crippen molar-refractivity contribution in [2.75, 3.05) is 11.4 Å². The molecule has 0 spiro atoms.